The molecule has 2 aromatic heterocycles. The largest absolute Gasteiger partial charge is 0.462 e. The molecule has 0 unspecified atom stereocenters. The Morgan fingerprint density at radius 1 is 1.56 bits per heavy atom. The lowest BCUT2D eigenvalue weighted by Gasteiger charge is -1.99. The van der Waals surface area contributed by atoms with Gasteiger partial charge in [-0.3, -0.25) is 0 Å². The third kappa shape index (κ3) is 2.03. The van der Waals surface area contributed by atoms with Gasteiger partial charge < -0.3 is 10.5 Å². The van der Waals surface area contributed by atoms with Crippen LogP contribution in [-0.4, -0.2) is 17.6 Å². The molecule has 0 radical (unpaired) electrons. The highest BCUT2D eigenvalue weighted by atomic mass is 32.1. The quantitative estimate of drug-likeness (QED) is 0.869. The maximum atomic E-state index is 13.6. The number of nitrogens with two attached hydrogens (primary N) is 1. The molecular formula is C12H13FN2O2S. The number of anilines is 1. The molecule has 0 saturated heterocycles. The van der Waals surface area contributed by atoms with E-state index in [0.29, 0.717) is 22.3 Å². The average molecular weight is 268 g/mol. The van der Waals surface area contributed by atoms with Crippen LogP contribution in [0.25, 0.3) is 10.2 Å². The molecule has 0 aliphatic carbocycles. The number of carbonyl (C=O) groups is 1. The molecule has 0 saturated carbocycles. The number of thiophene rings is 1. The summed E-state index contributed by atoms with van der Waals surface area (Å²) in [5, 5.41) is 0.470. The number of hydrogen-bond donors (Lipinski definition) is 1. The Morgan fingerprint density at radius 2 is 2.28 bits per heavy atom. The first-order valence-corrected chi connectivity index (χ1v) is 6.44. The molecule has 0 bridgehead atoms. The minimum atomic E-state index is -0.489. The van der Waals surface area contributed by atoms with Crippen LogP contribution in [0.5, 0.6) is 0 Å². The number of nitrogen functional groups attached to an aromatic ring is 1. The normalized spacial score (nSPS) is 10.8. The summed E-state index contributed by atoms with van der Waals surface area (Å²) in [6, 6.07) is 1.33. The van der Waals surface area contributed by atoms with E-state index in [1.165, 1.54) is 6.07 Å². The number of nitrogens with zero attached hydrogens (tertiary/aromatic N) is 1. The number of aromatic nitrogens is 1. The standard InChI is InChI=1S/C12H13FN2O2S/c1-3-8-7(13)5-6-9(14)10(12(16)17-4-2)18-11(6)15-8/h5H,3-4,14H2,1-2H3. The molecule has 0 aromatic carbocycles. The van der Waals surface area contributed by atoms with Gasteiger partial charge in [-0.25, -0.2) is 14.2 Å². The number of fused-ring (bicyclic) bond motifs is 1. The number of ether oxygens (including phenoxy) is 1. The van der Waals surface area contributed by atoms with Crippen LogP contribution in [0.1, 0.15) is 29.2 Å². The van der Waals surface area contributed by atoms with E-state index in [0.717, 1.165) is 11.3 Å². The van der Waals surface area contributed by atoms with Crippen LogP contribution in [0.2, 0.25) is 0 Å². The van der Waals surface area contributed by atoms with Crippen LogP contribution < -0.4 is 5.73 Å². The molecule has 0 aliphatic heterocycles. The van der Waals surface area contributed by atoms with Gasteiger partial charge in [-0.1, -0.05) is 6.92 Å². The van der Waals surface area contributed by atoms with Crippen molar-refractivity contribution in [2.24, 2.45) is 0 Å². The number of halogens is 1. The minimum absolute atomic E-state index is 0.238. The fourth-order valence-corrected chi connectivity index (χ4v) is 2.64. The van der Waals surface area contributed by atoms with Crippen molar-refractivity contribution in [1.29, 1.82) is 0 Å². The van der Waals surface area contributed by atoms with E-state index in [1.54, 1.807) is 6.92 Å². The molecule has 2 heterocycles. The van der Waals surface area contributed by atoms with Crippen molar-refractivity contribution in [1.82, 2.24) is 4.98 Å². The predicted molar refractivity (Wildman–Crippen MR) is 69.3 cm³/mol. The van der Waals surface area contributed by atoms with Crippen LogP contribution in [-0.2, 0) is 11.2 Å². The van der Waals surface area contributed by atoms with Gasteiger partial charge in [0.1, 0.15) is 15.5 Å². The highest BCUT2D eigenvalue weighted by Crippen LogP contribution is 2.33. The van der Waals surface area contributed by atoms with Crippen LogP contribution >= 0.6 is 11.3 Å². The van der Waals surface area contributed by atoms with Gasteiger partial charge in [-0.15, -0.1) is 11.3 Å². The summed E-state index contributed by atoms with van der Waals surface area (Å²) in [7, 11) is 0. The first kappa shape index (κ1) is 12.8. The van der Waals surface area contributed by atoms with Crippen molar-refractivity contribution in [2.45, 2.75) is 20.3 Å². The molecule has 0 fully saturated rings. The Kier molecular flexibility index (Phi) is 3.47. The molecule has 0 atom stereocenters. The van der Waals surface area contributed by atoms with Gasteiger partial charge in [0.2, 0.25) is 0 Å². The molecule has 96 valence electrons. The van der Waals surface area contributed by atoms with E-state index in [4.69, 9.17) is 10.5 Å². The van der Waals surface area contributed by atoms with Crippen LogP contribution in [0.3, 0.4) is 0 Å². The highest BCUT2D eigenvalue weighted by Gasteiger charge is 2.19. The number of esters is 1. The number of hydrogen-bond acceptors (Lipinski definition) is 5. The van der Waals surface area contributed by atoms with Crippen LogP contribution in [0.15, 0.2) is 6.07 Å². The van der Waals surface area contributed by atoms with Gasteiger partial charge in [0.05, 0.1) is 18.0 Å². The number of pyridine rings is 1. The minimum Gasteiger partial charge on any atom is -0.462 e. The molecule has 0 spiro atoms. The monoisotopic (exact) mass is 268 g/mol. The van der Waals surface area contributed by atoms with Gasteiger partial charge in [-0.05, 0) is 19.4 Å². The Bertz CT molecular complexity index is 610. The van der Waals surface area contributed by atoms with Crippen molar-refractivity contribution in [3.05, 3.63) is 22.5 Å². The van der Waals surface area contributed by atoms with E-state index in [2.05, 4.69) is 4.98 Å². The van der Waals surface area contributed by atoms with E-state index < -0.39 is 11.8 Å². The predicted octanol–water partition coefficient (Wildman–Crippen LogP) is 2.76. The Balaban J connectivity index is 2.59. The number of carbonyl (C=O) groups excluding carboxylic acids is 1. The molecule has 2 N–H and O–H groups in total. The van der Waals surface area contributed by atoms with Crippen LogP contribution in [0, 0.1) is 5.82 Å². The molecule has 6 heteroatoms. The second-order valence-corrected chi connectivity index (χ2v) is 4.69. The number of rotatable bonds is 3. The molecule has 2 aromatic rings. The van der Waals surface area contributed by atoms with Crippen molar-refractivity contribution < 1.29 is 13.9 Å². The lowest BCUT2D eigenvalue weighted by molar-refractivity contribution is 0.0533. The Morgan fingerprint density at radius 3 is 2.89 bits per heavy atom. The fourth-order valence-electron chi connectivity index (χ4n) is 1.65. The summed E-state index contributed by atoms with van der Waals surface area (Å²) in [4.78, 5) is 16.7. The highest BCUT2D eigenvalue weighted by molar-refractivity contribution is 7.21. The van der Waals surface area contributed by atoms with Gasteiger partial charge in [0.15, 0.2) is 0 Å². The molecule has 2 rings (SSSR count). The van der Waals surface area contributed by atoms with Gasteiger partial charge in [-0.2, -0.15) is 0 Å². The molecule has 18 heavy (non-hydrogen) atoms. The summed E-state index contributed by atoms with van der Waals surface area (Å²) in [5.74, 6) is -0.888. The fraction of sp³-hybridized carbons (Fsp3) is 0.333. The van der Waals surface area contributed by atoms with E-state index >= 15 is 0 Å². The summed E-state index contributed by atoms with van der Waals surface area (Å²) in [6.45, 7) is 3.81. The Labute approximate surface area is 108 Å². The third-order valence-electron chi connectivity index (χ3n) is 2.54. The van der Waals surface area contributed by atoms with Crippen molar-refractivity contribution in [3.8, 4) is 0 Å². The first-order valence-electron chi connectivity index (χ1n) is 5.63. The van der Waals surface area contributed by atoms with Gasteiger partial charge >= 0.3 is 5.97 Å². The summed E-state index contributed by atoms with van der Waals surface area (Å²) < 4.78 is 18.5. The first-order chi connectivity index (χ1) is 8.58. The molecule has 0 aliphatic rings. The van der Waals surface area contributed by atoms with E-state index in [-0.39, 0.29) is 17.2 Å². The maximum Gasteiger partial charge on any atom is 0.350 e. The SMILES string of the molecule is CCOC(=O)c1sc2nc(CC)c(F)cc2c1N. The topological polar surface area (TPSA) is 65.2 Å². The van der Waals surface area contributed by atoms with Crippen LogP contribution in [0.4, 0.5) is 10.1 Å². The second kappa shape index (κ2) is 4.89. The van der Waals surface area contributed by atoms with E-state index in [1.807, 2.05) is 6.92 Å². The summed E-state index contributed by atoms with van der Waals surface area (Å²) >= 11 is 1.13. The molecular weight excluding hydrogens is 255 g/mol. The maximum absolute atomic E-state index is 13.6. The summed E-state index contributed by atoms with van der Waals surface area (Å²) in [5.41, 5.74) is 6.45. The van der Waals surface area contributed by atoms with Gasteiger partial charge in [0.25, 0.3) is 0 Å². The summed E-state index contributed by atoms with van der Waals surface area (Å²) in [6.07, 6.45) is 0.494. The van der Waals surface area contributed by atoms with Crippen molar-refractivity contribution in [2.75, 3.05) is 12.3 Å². The van der Waals surface area contributed by atoms with Crippen molar-refractivity contribution in [3.63, 3.8) is 0 Å². The zero-order valence-electron chi connectivity index (χ0n) is 10.1. The average Bonchev–Trinajstić information content (AvgIpc) is 2.66. The van der Waals surface area contributed by atoms with Crippen molar-refractivity contribution >= 4 is 33.2 Å². The lowest BCUT2D eigenvalue weighted by atomic mass is 10.2. The second-order valence-electron chi connectivity index (χ2n) is 3.69. The smallest absolute Gasteiger partial charge is 0.350 e. The van der Waals surface area contributed by atoms with E-state index in [9.17, 15) is 9.18 Å². The molecule has 0 amide bonds. The molecule has 4 nitrogen and oxygen atoms in total. The lowest BCUT2D eigenvalue weighted by Crippen LogP contribution is -2.04. The Hall–Kier alpha value is -1.69. The van der Waals surface area contributed by atoms with Gasteiger partial charge in [0, 0.05) is 5.39 Å². The zero-order chi connectivity index (χ0) is 13.3. The third-order valence-corrected chi connectivity index (χ3v) is 3.64. The number of aryl methyl sites for hydroxylation is 1. The zero-order valence-corrected chi connectivity index (χ0v) is 10.9.